The van der Waals surface area contributed by atoms with Gasteiger partial charge in [-0.2, -0.15) is 0 Å². The molecular weight excluding hydrogens is 414 g/mol. The quantitative estimate of drug-likeness (QED) is 0.578. The van der Waals surface area contributed by atoms with Crippen molar-refractivity contribution in [2.75, 3.05) is 19.6 Å². The summed E-state index contributed by atoms with van der Waals surface area (Å²) in [7, 11) is 0. The summed E-state index contributed by atoms with van der Waals surface area (Å²) in [5, 5.41) is 0. The summed E-state index contributed by atoms with van der Waals surface area (Å²) in [6, 6.07) is 12.3. The molecule has 3 heterocycles. The lowest BCUT2D eigenvalue weighted by Crippen LogP contribution is -2.45. The number of aromatic nitrogens is 3. The van der Waals surface area contributed by atoms with Gasteiger partial charge < -0.3 is 9.64 Å². The Kier molecular flexibility index (Phi) is 6.88. The normalized spacial score (nSPS) is 20.8. The first kappa shape index (κ1) is 21.9. The third-order valence-corrected chi connectivity index (χ3v) is 6.73. The van der Waals surface area contributed by atoms with E-state index in [-0.39, 0.29) is 12.0 Å². The minimum atomic E-state index is -0.0681. The van der Waals surface area contributed by atoms with E-state index in [0.29, 0.717) is 38.8 Å². The summed E-state index contributed by atoms with van der Waals surface area (Å²) in [5.74, 6) is 0.206. The SMILES string of the molecule is O=C1CN(Cc2cccc3nccnc23)C[C@@H](OCc2ccccn2)CN1C1CCCCC1. The van der Waals surface area contributed by atoms with Gasteiger partial charge in [-0.1, -0.05) is 37.5 Å². The van der Waals surface area contributed by atoms with Crippen LogP contribution in [0.15, 0.2) is 55.0 Å². The Hall–Kier alpha value is -2.90. The van der Waals surface area contributed by atoms with Crippen LogP contribution >= 0.6 is 0 Å². The maximum absolute atomic E-state index is 13.4. The number of hydrogen-bond donors (Lipinski definition) is 0. The molecule has 7 heteroatoms. The van der Waals surface area contributed by atoms with Crippen LogP contribution in [-0.2, 0) is 22.7 Å². The van der Waals surface area contributed by atoms with Gasteiger partial charge in [-0.3, -0.25) is 24.6 Å². The van der Waals surface area contributed by atoms with Crippen LogP contribution in [0.1, 0.15) is 43.4 Å². The fourth-order valence-electron chi connectivity index (χ4n) is 5.09. The van der Waals surface area contributed by atoms with Crippen LogP contribution in [0, 0.1) is 0 Å². The zero-order valence-corrected chi connectivity index (χ0v) is 19.0. The lowest BCUT2D eigenvalue weighted by molar-refractivity contribution is -0.135. The molecule has 2 fully saturated rings. The summed E-state index contributed by atoms with van der Waals surface area (Å²) in [5.41, 5.74) is 3.77. The third kappa shape index (κ3) is 5.37. The largest absolute Gasteiger partial charge is 0.369 e. The molecule has 33 heavy (non-hydrogen) atoms. The molecule has 5 rings (SSSR count). The maximum atomic E-state index is 13.4. The van der Waals surface area contributed by atoms with Gasteiger partial charge in [0.05, 0.1) is 36.0 Å². The molecule has 0 spiro atoms. The van der Waals surface area contributed by atoms with Gasteiger partial charge in [0.1, 0.15) is 0 Å². The van der Waals surface area contributed by atoms with Crippen LogP contribution in [0.2, 0.25) is 0 Å². The highest BCUT2D eigenvalue weighted by Crippen LogP contribution is 2.26. The predicted molar refractivity (Wildman–Crippen MR) is 126 cm³/mol. The molecule has 1 amide bonds. The molecule has 3 aromatic rings. The summed E-state index contributed by atoms with van der Waals surface area (Å²) in [4.78, 5) is 31.1. The molecule has 0 bridgehead atoms. The van der Waals surface area contributed by atoms with Crippen molar-refractivity contribution in [1.29, 1.82) is 0 Å². The summed E-state index contributed by atoms with van der Waals surface area (Å²) < 4.78 is 6.35. The van der Waals surface area contributed by atoms with Crippen LogP contribution in [0.3, 0.4) is 0 Å². The number of para-hydroxylation sites is 1. The van der Waals surface area contributed by atoms with Crippen LogP contribution in [0.4, 0.5) is 0 Å². The topological polar surface area (TPSA) is 71.5 Å². The number of ether oxygens (including phenoxy) is 1. The number of benzene rings is 1. The fraction of sp³-hybridized carbons (Fsp3) is 0.462. The number of hydrogen-bond acceptors (Lipinski definition) is 6. The first-order chi connectivity index (χ1) is 16.3. The summed E-state index contributed by atoms with van der Waals surface area (Å²) in [6.45, 7) is 2.83. The van der Waals surface area contributed by atoms with Crippen molar-refractivity contribution in [2.45, 2.75) is 57.4 Å². The number of amides is 1. The molecule has 1 aliphatic carbocycles. The molecule has 172 valence electrons. The first-order valence-corrected chi connectivity index (χ1v) is 12.0. The molecule has 2 aliphatic rings. The highest BCUT2D eigenvalue weighted by Gasteiger charge is 2.33. The van der Waals surface area contributed by atoms with Crippen LogP contribution in [0.5, 0.6) is 0 Å². The van der Waals surface area contributed by atoms with Gasteiger partial charge in [0.2, 0.25) is 5.91 Å². The Labute approximate surface area is 194 Å². The van der Waals surface area contributed by atoms with E-state index in [1.54, 1.807) is 18.6 Å². The summed E-state index contributed by atoms with van der Waals surface area (Å²) >= 11 is 0. The van der Waals surface area contributed by atoms with Crippen molar-refractivity contribution in [2.24, 2.45) is 0 Å². The molecule has 1 saturated carbocycles. The van der Waals surface area contributed by atoms with Gasteiger partial charge in [-0.05, 0) is 36.6 Å². The van der Waals surface area contributed by atoms with E-state index in [4.69, 9.17) is 4.74 Å². The van der Waals surface area contributed by atoms with E-state index in [9.17, 15) is 4.79 Å². The van der Waals surface area contributed by atoms with Gasteiger partial charge >= 0.3 is 0 Å². The molecule has 1 saturated heterocycles. The molecule has 0 N–H and O–H groups in total. The van der Waals surface area contributed by atoms with Crippen molar-refractivity contribution in [3.63, 3.8) is 0 Å². The van der Waals surface area contributed by atoms with Gasteiger partial charge in [-0.25, -0.2) is 0 Å². The number of nitrogens with zero attached hydrogens (tertiary/aromatic N) is 5. The van der Waals surface area contributed by atoms with E-state index in [1.165, 1.54) is 19.3 Å². The van der Waals surface area contributed by atoms with E-state index < -0.39 is 0 Å². The van der Waals surface area contributed by atoms with Crippen molar-refractivity contribution in [3.8, 4) is 0 Å². The molecule has 0 radical (unpaired) electrons. The molecular formula is C26H31N5O2. The fourth-order valence-corrected chi connectivity index (χ4v) is 5.09. The van der Waals surface area contributed by atoms with Crippen LogP contribution < -0.4 is 0 Å². The van der Waals surface area contributed by atoms with Gasteiger partial charge in [0.15, 0.2) is 0 Å². The second-order valence-electron chi connectivity index (χ2n) is 9.10. The third-order valence-electron chi connectivity index (χ3n) is 6.73. The average molecular weight is 446 g/mol. The van der Waals surface area contributed by atoms with Crippen molar-refractivity contribution in [1.82, 2.24) is 24.8 Å². The Bertz CT molecular complexity index is 1070. The lowest BCUT2D eigenvalue weighted by Gasteiger charge is -2.35. The highest BCUT2D eigenvalue weighted by atomic mass is 16.5. The van der Waals surface area contributed by atoms with E-state index in [1.807, 2.05) is 30.3 Å². The first-order valence-electron chi connectivity index (χ1n) is 12.0. The number of carbonyl (C=O) groups excluding carboxylic acids is 1. The second-order valence-corrected chi connectivity index (χ2v) is 9.10. The Balaban J connectivity index is 1.36. The molecule has 1 atom stereocenters. The van der Waals surface area contributed by atoms with Crippen LogP contribution in [-0.4, -0.2) is 62.4 Å². The smallest absolute Gasteiger partial charge is 0.237 e. The van der Waals surface area contributed by atoms with E-state index in [2.05, 4.69) is 30.8 Å². The zero-order chi connectivity index (χ0) is 22.5. The van der Waals surface area contributed by atoms with Crippen molar-refractivity contribution >= 4 is 16.9 Å². The number of pyridine rings is 1. The van der Waals surface area contributed by atoms with Gasteiger partial charge in [0, 0.05) is 44.3 Å². The van der Waals surface area contributed by atoms with E-state index in [0.717, 1.165) is 35.1 Å². The highest BCUT2D eigenvalue weighted by molar-refractivity contribution is 5.80. The Morgan fingerprint density at radius 1 is 0.909 bits per heavy atom. The maximum Gasteiger partial charge on any atom is 0.237 e. The number of fused-ring (bicyclic) bond motifs is 1. The predicted octanol–water partition coefficient (Wildman–Crippen LogP) is 3.59. The molecule has 1 aromatic carbocycles. The molecule has 1 aliphatic heterocycles. The summed E-state index contributed by atoms with van der Waals surface area (Å²) in [6.07, 6.45) is 11.0. The lowest BCUT2D eigenvalue weighted by atomic mass is 9.94. The van der Waals surface area contributed by atoms with Gasteiger partial charge in [-0.15, -0.1) is 0 Å². The van der Waals surface area contributed by atoms with Crippen molar-refractivity contribution < 1.29 is 9.53 Å². The second kappa shape index (κ2) is 10.4. The minimum Gasteiger partial charge on any atom is -0.369 e. The number of rotatable bonds is 6. The molecule has 7 nitrogen and oxygen atoms in total. The molecule has 2 aromatic heterocycles. The molecule has 0 unspecified atom stereocenters. The number of carbonyl (C=O) groups is 1. The average Bonchev–Trinajstić information content (AvgIpc) is 3.02. The zero-order valence-electron chi connectivity index (χ0n) is 19.0. The Morgan fingerprint density at radius 2 is 1.79 bits per heavy atom. The monoisotopic (exact) mass is 445 g/mol. The standard InChI is InChI=1S/C26H31N5O2/c32-25-18-30(15-20-7-6-11-24-26(20)29-14-13-28-24)16-23(33-19-21-8-4-5-12-27-21)17-31(25)22-9-2-1-3-10-22/h4-8,11-14,22-23H,1-3,9-10,15-19H2/t23-/m1/s1. The van der Waals surface area contributed by atoms with E-state index >= 15 is 0 Å². The Morgan fingerprint density at radius 3 is 2.64 bits per heavy atom. The van der Waals surface area contributed by atoms with Crippen molar-refractivity contribution in [3.05, 3.63) is 66.2 Å². The van der Waals surface area contributed by atoms with Crippen LogP contribution in [0.25, 0.3) is 11.0 Å². The minimum absolute atomic E-state index is 0.0681. The van der Waals surface area contributed by atoms with Gasteiger partial charge in [0.25, 0.3) is 0 Å².